The lowest BCUT2D eigenvalue weighted by Gasteiger charge is -2.27. The van der Waals surface area contributed by atoms with Crippen molar-refractivity contribution < 1.29 is 0 Å². The van der Waals surface area contributed by atoms with Crippen molar-refractivity contribution in [3.8, 4) is 0 Å². The molecule has 2 unspecified atom stereocenters. The maximum Gasteiger partial charge on any atom is -0.0409 e. The molecule has 140 valence electrons. The van der Waals surface area contributed by atoms with Gasteiger partial charge in [0.1, 0.15) is 0 Å². The first-order valence-corrected chi connectivity index (χ1v) is 11.2. The molecule has 0 aliphatic rings. The molecule has 0 radical (unpaired) electrons. The molecule has 0 amide bonds. The summed E-state index contributed by atoms with van der Waals surface area (Å²) in [7, 11) is 0. The van der Waals surface area contributed by atoms with Gasteiger partial charge in [-0.2, -0.15) is 0 Å². The number of rotatable bonds is 17. The highest BCUT2D eigenvalue weighted by atomic mass is 14.3. The van der Waals surface area contributed by atoms with Crippen molar-refractivity contribution >= 4 is 0 Å². The van der Waals surface area contributed by atoms with Crippen LogP contribution in [-0.2, 0) is 0 Å². The van der Waals surface area contributed by atoms with Gasteiger partial charge in [-0.1, -0.05) is 118 Å². The molecule has 0 aromatic carbocycles. The van der Waals surface area contributed by atoms with E-state index in [2.05, 4.69) is 34.6 Å². The van der Waals surface area contributed by atoms with Gasteiger partial charge < -0.3 is 0 Å². The molecule has 0 rings (SSSR count). The van der Waals surface area contributed by atoms with Crippen LogP contribution >= 0.6 is 0 Å². The van der Waals surface area contributed by atoms with Gasteiger partial charge in [-0.05, 0) is 30.6 Å². The fraction of sp³-hybridized carbons (Fsp3) is 1.00. The molecule has 2 atom stereocenters. The van der Waals surface area contributed by atoms with E-state index in [9.17, 15) is 0 Å². The molecular weight excluding hydrogens is 276 g/mol. The molecule has 0 saturated carbocycles. The second kappa shape index (κ2) is 16.8. The van der Waals surface area contributed by atoms with Gasteiger partial charge >= 0.3 is 0 Å². The van der Waals surface area contributed by atoms with Gasteiger partial charge in [0, 0.05) is 0 Å². The molecule has 0 aliphatic carbocycles. The zero-order chi connectivity index (χ0) is 17.3. The Morgan fingerprint density at radius 2 is 0.739 bits per heavy atom. The van der Waals surface area contributed by atoms with Crippen molar-refractivity contribution in [1.82, 2.24) is 0 Å². The molecule has 0 heterocycles. The monoisotopic (exact) mass is 324 g/mol. The van der Waals surface area contributed by atoms with Crippen LogP contribution in [0, 0.1) is 17.8 Å². The zero-order valence-electron chi connectivity index (χ0n) is 17.3. The Balaban J connectivity index is 4.58. The van der Waals surface area contributed by atoms with Crippen LogP contribution in [0.4, 0.5) is 0 Å². The first-order chi connectivity index (χ1) is 11.2. The first-order valence-electron chi connectivity index (χ1n) is 11.2. The standard InChI is InChI=1S/C23H48/c1-6-11-16-21(14-9-4)19-23(18-13-8-3)20-22(15-10-5)17-12-7-2/h21-23H,6-20H2,1-5H3. The van der Waals surface area contributed by atoms with Gasteiger partial charge in [-0.3, -0.25) is 0 Å². The van der Waals surface area contributed by atoms with E-state index in [4.69, 9.17) is 0 Å². The minimum Gasteiger partial charge on any atom is -0.0654 e. The molecule has 0 saturated heterocycles. The topological polar surface area (TPSA) is 0 Å². The fourth-order valence-electron chi connectivity index (χ4n) is 4.33. The molecule has 0 aromatic rings. The summed E-state index contributed by atoms with van der Waals surface area (Å²) in [5.41, 5.74) is 0. The van der Waals surface area contributed by atoms with Gasteiger partial charge in [0.05, 0.1) is 0 Å². The minimum absolute atomic E-state index is 1.01. The normalized spacial score (nSPS) is 15.5. The van der Waals surface area contributed by atoms with Crippen molar-refractivity contribution in [3.63, 3.8) is 0 Å². The third-order valence-corrected chi connectivity index (χ3v) is 5.62. The van der Waals surface area contributed by atoms with E-state index in [0.717, 1.165) is 17.8 Å². The minimum atomic E-state index is 1.01. The van der Waals surface area contributed by atoms with Crippen LogP contribution in [0.2, 0.25) is 0 Å². The summed E-state index contributed by atoms with van der Waals surface area (Å²) in [6.07, 6.45) is 21.7. The highest BCUT2D eigenvalue weighted by molar-refractivity contribution is 4.71. The van der Waals surface area contributed by atoms with E-state index in [0.29, 0.717) is 0 Å². The maximum absolute atomic E-state index is 2.38. The van der Waals surface area contributed by atoms with E-state index in [1.165, 1.54) is 96.3 Å². The molecule has 0 spiro atoms. The lowest BCUT2D eigenvalue weighted by molar-refractivity contribution is 0.247. The molecule has 0 bridgehead atoms. The Kier molecular flexibility index (Phi) is 16.8. The van der Waals surface area contributed by atoms with E-state index in [1.54, 1.807) is 0 Å². The number of hydrogen-bond acceptors (Lipinski definition) is 0. The van der Waals surface area contributed by atoms with Crippen molar-refractivity contribution in [2.45, 2.75) is 131 Å². The summed E-state index contributed by atoms with van der Waals surface area (Å²) in [6, 6.07) is 0. The molecule has 0 aliphatic heterocycles. The molecule has 0 nitrogen and oxygen atoms in total. The van der Waals surface area contributed by atoms with Crippen LogP contribution in [0.5, 0.6) is 0 Å². The second-order valence-corrected chi connectivity index (χ2v) is 8.07. The lowest BCUT2D eigenvalue weighted by Crippen LogP contribution is -2.14. The van der Waals surface area contributed by atoms with E-state index in [1.807, 2.05) is 0 Å². The lowest BCUT2D eigenvalue weighted by atomic mass is 9.78. The highest BCUT2D eigenvalue weighted by Gasteiger charge is 2.19. The largest absolute Gasteiger partial charge is 0.0654 e. The predicted octanol–water partition coefficient (Wildman–Crippen LogP) is 8.79. The predicted molar refractivity (Wildman–Crippen MR) is 108 cm³/mol. The van der Waals surface area contributed by atoms with Gasteiger partial charge in [-0.15, -0.1) is 0 Å². The Morgan fingerprint density at radius 1 is 0.391 bits per heavy atom. The van der Waals surface area contributed by atoms with Gasteiger partial charge in [-0.25, -0.2) is 0 Å². The summed E-state index contributed by atoms with van der Waals surface area (Å²) < 4.78 is 0. The molecule has 0 fully saturated rings. The average Bonchev–Trinajstić information content (AvgIpc) is 2.55. The van der Waals surface area contributed by atoms with E-state index >= 15 is 0 Å². The Hall–Kier alpha value is 0. The summed E-state index contributed by atoms with van der Waals surface area (Å²) in [6.45, 7) is 11.8. The Labute approximate surface area is 149 Å². The summed E-state index contributed by atoms with van der Waals surface area (Å²) >= 11 is 0. The van der Waals surface area contributed by atoms with Crippen molar-refractivity contribution in [1.29, 1.82) is 0 Å². The Bertz CT molecular complexity index is 200. The van der Waals surface area contributed by atoms with Crippen molar-refractivity contribution in [2.75, 3.05) is 0 Å². The maximum atomic E-state index is 2.38. The highest BCUT2D eigenvalue weighted by Crippen LogP contribution is 2.33. The number of unbranched alkanes of at least 4 members (excludes halogenated alkanes) is 3. The van der Waals surface area contributed by atoms with Crippen LogP contribution < -0.4 is 0 Å². The quantitative estimate of drug-likeness (QED) is 0.251. The molecule has 0 aromatic heterocycles. The van der Waals surface area contributed by atoms with Gasteiger partial charge in [0.15, 0.2) is 0 Å². The third-order valence-electron chi connectivity index (χ3n) is 5.62. The molecule has 0 N–H and O–H groups in total. The first kappa shape index (κ1) is 23.0. The zero-order valence-corrected chi connectivity index (χ0v) is 17.3. The fourth-order valence-corrected chi connectivity index (χ4v) is 4.33. The van der Waals surface area contributed by atoms with Crippen molar-refractivity contribution in [3.05, 3.63) is 0 Å². The smallest absolute Gasteiger partial charge is 0.0409 e. The number of hydrogen-bond donors (Lipinski definition) is 0. The second-order valence-electron chi connectivity index (χ2n) is 8.07. The molecular formula is C23H48. The average molecular weight is 325 g/mol. The van der Waals surface area contributed by atoms with Gasteiger partial charge in [0.2, 0.25) is 0 Å². The van der Waals surface area contributed by atoms with E-state index < -0.39 is 0 Å². The molecule has 0 heteroatoms. The third kappa shape index (κ3) is 13.0. The van der Waals surface area contributed by atoms with Crippen LogP contribution in [0.25, 0.3) is 0 Å². The Morgan fingerprint density at radius 3 is 1.04 bits per heavy atom. The summed E-state index contributed by atoms with van der Waals surface area (Å²) in [5.74, 6) is 3.03. The van der Waals surface area contributed by atoms with Gasteiger partial charge in [0.25, 0.3) is 0 Å². The van der Waals surface area contributed by atoms with E-state index in [-0.39, 0.29) is 0 Å². The van der Waals surface area contributed by atoms with Crippen LogP contribution in [0.1, 0.15) is 131 Å². The molecule has 23 heavy (non-hydrogen) atoms. The van der Waals surface area contributed by atoms with Crippen LogP contribution in [0.15, 0.2) is 0 Å². The van der Waals surface area contributed by atoms with Crippen LogP contribution in [-0.4, -0.2) is 0 Å². The van der Waals surface area contributed by atoms with Crippen molar-refractivity contribution in [2.24, 2.45) is 17.8 Å². The summed E-state index contributed by atoms with van der Waals surface area (Å²) in [4.78, 5) is 0. The summed E-state index contributed by atoms with van der Waals surface area (Å²) in [5, 5.41) is 0. The van der Waals surface area contributed by atoms with Crippen LogP contribution in [0.3, 0.4) is 0 Å². The SMILES string of the molecule is CCCCC(CCC)CC(CCCC)CC(CCC)CCCC.